The predicted molar refractivity (Wildman–Crippen MR) is 77.6 cm³/mol. The summed E-state index contributed by atoms with van der Waals surface area (Å²) in [4.78, 5) is 0. The standard InChI is InChI=1S/C13H14INO2/c1-9-2-3-10-6-12(4-5-13(10)17-9)16-8-11(15)7-14/h2-6,11H,1,7-8,15H2. The molecule has 2 rings (SSSR count). The van der Waals surface area contributed by atoms with E-state index in [0.29, 0.717) is 12.4 Å². The van der Waals surface area contributed by atoms with Gasteiger partial charge >= 0.3 is 0 Å². The second kappa shape index (κ2) is 5.55. The Labute approximate surface area is 114 Å². The van der Waals surface area contributed by atoms with Crippen LogP contribution in [0.1, 0.15) is 5.56 Å². The van der Waals surface area contributed by atoms with Crippen molar-refractivity contribution in [2.75, 3.05) is 11.0 Å². The summed E-state index contributed by atoms with van der Waals surface area (Å²) in [7, 11) is 0. The SMILES string of the molecule is C=C1C=Cc2cc(OCC(N)CI)ccc2O1. The number of ether oxygens (including phenoxy) is 2. The fraction of sp³-hybridized carbons (Fsp3) is 0.231. The normalized spacial score (nSPS) is 15.1. The topological polar surface area (TPSA) is 44.5 Å². The first-order valence-corrected chi connectivity index (χ1v) is 6.85. The average molecular weight is 343 g/mol. The molecule has 0 saturated carbocycles. The summed E-state index contributed by atoms with van der Waals surface area (Å²) in [6.45, 7) is 4.28. The number of hydrogen-bond acceptors (Lipinski definition) is 3. The Kier molecular flexibility index (Phi) is 4.06. The molecule has 0 amide bonds. The molecule has 1 aliphatic heterocycles. The molecule has 4 heteroatoms. The summed E-state index contributed by atoms with van der Waals surface area (Å²) in [6, 6.07) is 5.77. The lowest BCUT2D eigenvalue weighted by molar-refractivity contribution is 0.298. The molecule has 0 radical (unpaired) electrons. The van der Waals surface area contributed by atoms with Crippen LogP contribution in [-0.2, 0) is 0 Å². The molecule has 3 nitrogen and oxygen atoms in total. The van der Waals surface area contributed by atoms with Crippen molar-refractivity contribution >= 4 is 28.7 Å². The maximum Gasteiger partial charge on any atom is 0.134 e. The molecule has 1 aliphatic rings. The van der Waals surface area contributed by atoms with Gasteiger partial charge in [-0.15, -0.1) is 0 Å². The van der Waals surface area contributed by atoms with E-state index in [0.717, 1.165) is 21.5 Å². The van der Waals surface area contributed by atoms with Crippen LogP contribution in [0.3, 0.4) is 0 Å². The maximum atomic E-state index is 5.79. The van der Waals surface area contributed by atoms with Crippen LogP contribution in [0.2, 0.25) is 0 Å². The maximum absolute atomic E-state index is 5.79. The Morgan fingerprint density at radius 1 is 1.41 bits per heavy atom. The molecule has 17 heavy (non-hydrogen) atoms. The van der Waals surface area contributed by atoms with Crippen LogP contribution in [-0.4, -0.2) is 17.1 Å². The zero-order chi connectivity index (χ0) is 12.3. The number of fused-ring (bicyclic) bond motifs is 1. The summed E-state index contributed by atoms with van der Waals surface area (Å²) < 4.78 is 12.0. The quantitative estimate of drug-likeness (QED) is 0.675. The Hall–Kier alpha value is -1.01. The number of nitrogens with two attached hydrogens (primary N) is 1. The number of benzene rings is 1. The molecular formula is C13H14INO2. The van der Waals surface area contributed by atoms with E-state index in [1.54, 1.807) is 0 Å². The van der Waals surface area contributed by atoms with Gasteiger partial charge < -0.3 is 15.2 Å². The third kappa shape index (κ3) is 3.23. The molecular weight excluding hydrogens is 329 g/mol. The van der Waals surface area contributed by atoms with Crippen LogP contribution >= 0.6 is 22.6 Å². The Morgan fingerprint density at radius 3 is 3.00 bits per heavy atom. The molecule has 90 valence electrons. The van der Waals surface area contributed by atoms with E-state index in [1.807, 2.05) is 30.4 Å². The molecule has 1 atom stereocenters. The van der Waals surface area contributed by atoms with Crippen molar-refractivity contribution in [3.05, 3.63) is 42.2 Å². The minimum atomic E-state index is 0.0678. The van der Waals surface area contributed by atoms with Crippen molar-refractivity contribution in [1.82, 2.24) is 0 Å². The van der Waals surface area contributed by atoms with Crippen LogP contribution in [0.5, 0.6) is 11.5 Å². The van der Waals surface area contributed by atoms with Crippen LogP contribution in [0.15, 0.2) is 36.6 Å². The van der Waals surface area contributed by atoms with Gasteiger partial charge in [0.05, 0.1) is 0 Å². The molecule has 1 heterocycles. The van der Waals surface area contributed by atoms with Gasteiger partial charge in [-0.25, -0.2) is 0 Å². The number of rotatable bonds is 4. The summed E-state index contributed by atoms with van der Waals surface area (Å²) in [5.74, 6) is 2.27. The van der Waals surface area contributed by atoms with Crippen LogP contribution in [0, 0.1) is 0 Å². The van der Waals surface area contributed by atoms with Crippen molar-refractivity contribution in [1.29, 1.82) is 0 Å². The van der Waals surface area contributed by atoms with Crippen LogP contribution in [0.25, 0.3) is 6.08 Å². The molecule has 1 aromatic rings. The smallest absolute Gasteiger partial charge is 0.134 e. The summed E-state index contributed by atoms with van der Waals surface area (Å²) in [5, 5.41) is 0. The van der Waals surface area contributed by atoms with E-state index in [1.165, 1.54) is 0 Å². The Bertz CT molecular complexity index is 457. The van der Waals surface area contributed by atoms with E-state index < -0.39 is 0 Å². The third-order valence-electron chi connectivity index (χ3n) is 2.33. The van der Waals surface area contributed by atoms with Crippen molar-refractivity contribution < 1.29 is 9.47 Å². The summed E-state index contributed by atoms with van der Waals surface area (Å²) >= 11 is 2.25. The molecule has 0 aliphatic carbocycles. The van der Waals surface area contributed by atoms with E-state index in [2.05, 4.69) is 29.2 Å². The van der Waals surface area contributed by atoms with E-state index >= 15 is 0 Å². The highest BCUT2D eigenvalue weighted by molar-refractivity contribution is 14.1. The number of halogens is 1. The van der Waals surface area contributed by atoms with Gasteiger partial charge in [-0.2, -0.15) is 0 Å². The van der Waals surface area contributed by atoms with Crippen LogP contribution < -0.4 is 15.2 Å². The first-order chi connectivity index (χ1) is 8.19. The van der Waals surface area contributed by atoms with Gasteiger partial charge in [0.15, 0.2) is 0 Å². The van der Waals surface area contributed by atoms with E-state index in [-0.39, 0.29) is 6.04 Å². The highest BCUT2D eigenvalue weighted by Gasteiger charge is 2.09. The fourth-order valence-electron chi connectivity index (χ4n) is 1.45. The Balaban J connectivity index is 2.08. The number of allylic oxidation sites excluding steroid dienone is 1. The first kappa shape index (κ1) is 12.4. The van der Waals surface area contributed by atoms with E-state index in [9.17, 15) is 0 Å². The average Bonchev–Trinajstić information content (AvgIpc) is 2.35. The van der Waals surface area contributed by atoms with Gasteiger partial charge in [-0.1, -0.05) is 29.2 Å². The fourth-order valence-corrected chi connectivity index (χ4v) is 1.70. The Morgan fingerprint density at radius 2 is 2.24 bits per heavy atom. The zero-order valence-corrected chi connectivity index (χ0v) is 11.5. The lowest BCUT2D eigenvalue weighted by atomic mass is 10.1. The lowest BCUT2D eigenvalue weighted by Crippen LogP contribution is -2.29. The predicted octanol–water partition coefficient (Wildman–Crippen LogP) is 2.75. The van der Waals surface area contributed by atoms with Gasteiger partial charge in [-0.05, 0) is 30.4 Å². The molecule has 0 saturated heterocycles. The number of hydrogen-bond donors (Lipinski definition) is 1. The summed E-state index contributed by atoms with van der Waals surface area (Å²) in [5.41, 5.74) is 6.79. The molecule has 2 N–H and O–H groups in total. The largest absolute Gasteiger partial charge is 0.492 e. The molecule has 1 unspecified atom stereocenters. The molecule has 0 fully saturated rings. The highest BCUT2D eigenvalue weighted by atomic mass is 127. The van der Waals surface area contributed by atoms with Crippen LogP contribution in [0.4, 0.5) is 0 Å². The van der Waals surface area contributed by atoms with Gasteiger partial charge in [-0.3, -0.25) is 0 Å². The molecule has 0 spiro atoms. The van der Waals surface area contributed by atoms with Gasteiger partial charge in [0.25, 0.3) is 0 Å². The van der Waals surface area contributed by atoms with Crippen molar-refractivity contribution in [2.45, 2.75) is 6.04 Å². The van der Waals surface area contributed by atoms with Gasteiger partial charge in [0.1, 0.15) is 23.9 Å². The van der Waals surface area contributed by atoms with Gasteiger partial charge in [0, 0.05) is 16.0 Å². The number of alkyl halides is 1. The lowest BCUT2D eigenvalue weighted by Gasteiger charge is -2.16. The van der Waals surface area contributed by atoms with E-state index in [4.69, 9.17) is 15.2 Å². The third-order valence-corrected chi connectivity index (χ3v) is 3.46. The van der Waals surface area contributed by atoms with Gasteiger partial charge in [0.2, 0.25) is 0 Å². The highest BCUT2D eigenvalue weighted by Crippen LogP contribution is 2.30. The summed E-state index contributed by atoms with van der Waals surface area (Å²) in [6.07, 6.45) is 3.80. The zero-order valence-electron chi connectivity index (χ0n) is 9.36. The monoisotopic (exact) mass is 343 g/mol. The second-order valence-electron chi connectivity index (χ2n) is 3.83. The van der Waals surface area contributed by atoms with Crippen molar-refractivity contribution in [3.63, 3.8) is 0 Å². The minimum absolute atomic E-state index is 0.0678. The van der Waals surface area contributed by atoms with Crippen molar-refractivity contribution in [2.24, 2.45) is 5.73 Å². The molecule has 1 aromatic carbocycles. The minimum Gasteiger partial charge on any atom is -0.492 e. The van der Waals surface area contributed by atoms with Crippen molar-refractivity contribution in [3.8, 4) is 11.5 Å². The first-order valence-electron chi connectivity index (χ1n) is 5.32. The second-order valence-corrected chi connectivity index (χ2v) is 4.71. The molecule has 0 bridgehead atoms. The molecule has 0 aromatic heterocycles.